The lowest BCUT2D eigenvalue weighted by Gasteiger charge is -2.39. The molecule has 0 radical (unpaired) electrons. The van der Waals surface area contributed by atoms with E-state index >= 15 is 0 Å². The first-order valence-corrected chi connectivity index (χ1v) is 28.2. The van der Waals surface area contributed by atoms with Crippen LogP contribution in [-0.2, 0) is 35.2 Å². The van der Waals surface area contributed by atoms with Crippen LogP contribution >= 0.6 is 0 Å². The second kappa shape index (κ2) is 25.6. The van der Waals surface area contributed by atoms with Crippen molar-refractivity contribution in [1.29, 1.82) is 0 Å². The van der Waals surface area contributed by atoms with Gasteiger partial charge in [0.25, 0.3) is 0 Å². The Morgan fingerprint density at radius 2 is 0.386 bits per heavy atom. The fourth-order valence-electron chi connectivity index (χ4n) is 9.80. The van der Waals surface area contributed by atoms with Crippen molar-refractivity contribution >= 4 is 36.9 Å². The fraction of sp³-hybridized carbons (Fsp3) is 0.314. The molecule has 0 saturated carbocycles. The number of carbonyl (C=O) groups excluding carboxylic acids is 4. The largest absolute Gasteiger partial charge is 0.514 e. The van der Waals surface area contributed by atoms with Crippen molar-refractivity contribution in [2.75, 3.05) is 0 Å². The number of ether oxygens (including phenoxy) is 10. The Balaban J connectivity index is 1.58. The molecule has 0 aliphatic carbocycles. The number of carboxylic acid groups (broad SMARTS) is 2. The topological polar surface area (TPSA) is 235 Å². The van der Waals surface area contributed by atoms with Crippen LogP contribution in [-0.4, -0.2) is 69.5 Å². The SMILES string of the molecule is CC(C)(C)OC(=O)Oc1ccc(C(C)(c2ccc(OC(=O)O)cc2)c2cc(C(C)(c3ccc(OC(=O)O)cc3)c3ccc(OC(=O)OC(C)(C)C)cc3)cc(C(C)(c3ccc(OC(=O)OC(C)(C)C)cc3)c3ccc(OC(=O)OC(C)(C)C)cc3)c2)cc1. The minimum Gasteiger partial charge on any atom is -0.449 e. The fourth-order valence-corrected chi connectivity index (χ4v) is 9.80. The van der Waals surface area contributed by atoms with E-state index in [9.17, 15) is 39.0 Å². The molecule has 88 heavy (non-hydrogen) atoms. The molecule has 7 rings (SSSR count). The highest BCUT2D eigenvalue weighted by Crippen LogP contribution is 2.49. The normalized spacial score (nSPS) is 13.3. The lowest BCUT2D eigenvalue weighted by atomic mass is 9.63. The minimum atomic E-state index is -1.51. The summed E-state index contributed by atoms with van der Waals surface area (Å²) in [6.45, 7) is 26.7. The quantitative estimate of drug-likeness (QED) is 0.0420. The lowest BCUT2D eigenvalue weighted by Crippen LogP contribution is -2.32. The summed E-state index contributed by atoms with van der Waals surface area (Å²) >= 11 is 0. The number of carbonyl (C=O) groups is 6. The van der Waals surface area contributed by atoms with Gasteiger partial charge >= 0.3 is 36.9 Å². The molecule has 0 aliphatic heterocycles. The van der Waals surface area contributed by atoms with E-state index in [4.69, 9.17) is 47.4 Å². The van der Waals surface area contributed by atoms with Crippen LogP contribution in [0.5, 0.6) is 34.5 Å². The first-order valence-electron chi connectivity index (χ1n) is 28.2. The van der Waals surface area contributed by atoms with Crippen molar-refractivity contribution in [1.82, 2.24) is 0 Å². The summed E-state index contributed by atoms with van der Waals surface area (Å²) in [4.78, 5) is 75.7. The van der Waals surface area contributed by atoms with Crippen molar-refractivity contribution in [2.45, 2.75) is 143 Å². The molecule has 2 atom stereocenters. The van der Waals surface area contributed by atoms with E-state index in [0.717, 1.165) is 0 Å². The Kier molecular flexibility index (Phi) is 19.1. The van der Waals surface area contributed by atoms with E-state index in [0.29, 0.717) is 50.1 Å². The van der Waals surface area contributed by atoms with Gasteiger partial charge in [0.1, 0.15) is 56.9 Å². The van der Waals surface area contributed by atoms with Crippen molar-refractivity contribution in [3.05, 3.63) is 214 Å². The number of rotatable bonds is 15. The molecule has 18 heteroatoms. The van der Waals surface area contributed by atoms with E-state index in [1.54, 1.807) is 180 Å². The molecular formula is C70H74O18. The molecule has 462 valence electrons. The van der Waals surface area contributed by atoms with E-state index in [1.165, 1.54) is 0 Å². The maximum atomic E-state index is 13.0. The van der Waals surface area contributed by atoms with Crippen LogP contribution in [0.4, 0.5) is 28.8 Å². The monoisotopic (exact) mass is 1200 g/mol. The zero-order valence-corrected chi connectivity index (χ0v) is 52.0. The highest BCUT2D eigenvalue weighted by atomic mass is 16.8. The van der Waals surface area contributed by atoms with Gasteiger partial charge in [0, 0.05) is 16.2 Å². The van der Waals surface area contributed by atoms with Crippen LogP contribution in [0.3, 0.4) is 0 Å². The smallest absolute Gasteiger partial charge is 0.449 e. The zero-order valence-electron chi connectivity index (χ0n) is 52.0. The second-order valence-corrected chi connectivity index (χ2v) is 25.3. The zero-order chi connectivity index (χ0) is 64.8. The Labute approximate surface area is 512 Å². The third kappa shape index (κ3) is 16.8. The summed E-state index contributed by atoms with van der Waals surface area (Å²) in [5.74, 6) is 0.879. The second-order valence-electron chi connectivity index (χ2n) is 25.3. The standard InChI is InChI=1S/C70H74O18/c1-64(2,3)85-60(75)81-54-32-20-45(21-33-54)68(13,43-16-28-52(29-17-43)79-58(71)72)49-40-50(69(14,44-18-30-53(31-19-44)80-59(73)74)46-22-34-55(35-23-46)82-61(76)86-65(4,5)6)42-51(41-49)70(15,47-24-36-56(37-25-47)83-62(77)87-66(7,8)9)48-26-38-57(39-27-48)84-63(78)88-67(10,11)12/h16-42H,1-15H3,(H,71,72)(H,73,74). The highest BCUT2D eigenvalue weighted by molar-refractivity contribution is 5.69. The van der Waals surface area contributed by atoms with Crippen LogP contribution < -0.4 is 28.4 Å². The summed E-state index contributed by atoms with van der Waals surface area (Å²) in [5, 5.41) is 19.3. The van der Waals surface area contributed by atoms with Crippen LogP contribution in [0.1, 0.15) is 154 Å². The summed E-state index contributed by atoms with van der Waals surface area (Å²) < 4.78 is 54.7. The highest BCUT2D eigenvalue weighted by Gasteiger charge is 2.41. The van der Waals surface area contributed by atoms with E-state index < -0.39 is 75.6 Å². The maximum absolute atomic E-state index is 13.0. The van der Waals surface area contributed by atoms with Gasteiger partial charge in [-0.3, -0.25) is 0 Å². The Morgan fingerprint density at radius 3 is 0.523 bits per heavy atom. The van der Waals surface area contributed by atoms with E-state index in [-0.39, 0.29) is 34.5 Å². The minimum absolute atomic E-state index is 0.0573. The molecular weight excluding hydrogens is 1130 g/mol. The van der Waals surface area contributed by atoms with Gasteiger partial charge in [0.05, 0.1) is 0 Å². The van der Waals surface area contributed by atoms with E-state index in [2.05, 4.69) is 12.1 Å². The third-order valence-corrected chi connectivity index (χ3v) is 14.0. The molecule has 0 heterocycles. The molecule has 0 amide bonds. The molecule has 0 bridgehead atoms. The van der Waals surface area contributed by atoms with Crippen molar-refractivity contribution in [2.24, 2.45) is 0 Å². The summed E-state index contributed by atoms with van der Waals surface area (Å²) in [5.41, 5.74) is -0.935. The predicted molar refractivity (Wildman–Crippen MR) is 327 cm³/mol. The number of hydrogen-bond donors (Lipinski definition) is 2. The molecule has 0 spiro atoms. The predicted octanol–water partition coefficient (Wildman–Crippen LogP) is 17.1. The van der Waals surface area contributed by atoms with Crippen LogP contribution in [0.15, 0.2) is 164 Å². The first kappa shape index (κ1) is 65.7. The molecule has 0 saturated heterocycles. The molecule has 0 aromatic heterocycles. The van der Waals surface area contributed by atoms with Crippen molar-refractivity contribution in [3.8, 4) is 34.5 Å². The molecule has 18 nitrogen and oxygen atoms in total. The molecule has 2 N–H and O–H groups in total. The maximum Gasteiger partial charge on any atom is 0.514 e. The molecule has 0 fully saturated rings. The van der Waals surface area contributed by atoms with Gasteiger partial charge in [-0.15, -0.1) is 0 Å². The van der Waals surface area contributed by atoms with Crippen LogP contribution in [0.2, 0.25) is 0 Å². The van der Waals surface area contributed by atoms with E-state index in [1.807, 2.05) is 75.4 Å². The van der Waals surface area contributed by atoms with Gasteiger partial charge in [-0.05, 0) is 227 Å². The van der Waals surface area contributed by atoms with Crippen molar-refractivity contribution in [3.63, 3.8) is 0 Å². The molecule has 7 aromatic carbocycles. The number of hydrogen-bond acceptors (Lipinski definition) is 16. The molecule has 2 unspecified atom stereocenters. The summed E-state index contributed by atoms with van der Waals surface area (Å²) in [7, 11) is 0. The molecule has 0 aliphatic rings. The molecule has 7 aromatic rings. The Morgan fingerprint density at radius 1 is 0.239 bits per heavy atom. The first-order chi connectivity index (χ1) is 40.9. The van der Waals surface area contributed by atoms with Gasteiger partial charge in [0.2, 0.25) is 0 Å². The van der Waals surface area contributed by atoms with Gasteiger partial charge in [-0.25, -0.2) is 28.8 Å². The van der Waals surface area contributed by atoms with Crippen LogP contribution in [0, 0.1) is 0 Å². The Hall–Kier alpha value is -9.84. The average Bonchev–Trinajstić information content (AvgIpc) is 0.791. The third-order valence-electron chi connectivity index (χ3n) is 14.0. The number of benzene rings is 7. The van der Waals surface area contributed by atoms with Gasteiger partial charge in [-0.2, -0.15) is 0 Å². The summed E-state index contributed by atoms with van der Waals surface area (Å²) in [6.07, 6.45) is -6.64. The van der Waals surface area contributed by atoms with Gasteiger partial charge in [0.15, 0.2) is 0 Å². The average molecular weight is 1200 g/mol. The van der Waals surface area contributed by atoms with Crippen LogP contribution in [0.25, 0.3) is 0 Å². The lowest BCUT2D eigenvalue weighted by molar-refractivity contribution is 0.0193. The Bertz CT molecular complexity index is 3400. The van der Waals surface area contributed by atoms with Crippen molar-refractivity contribution < 1.29 is 86.3 Å². The summed E-state index contributed by atoms with van der Waals surface area (Å²) in [6, 6.07) is 47.1. The van der Waals surface area contributed by atoms with Gasteiger partial charge in [-0.1, -0.05) is 91.0 Å². The van der Waals surface area contributed by atoms with Gasteiger partial charge < -0.3 is 57.6 Å².